The van der Waals surface area contributed by atoms with Crippen LogP contribution in [0.25, 0.3) is 0 Å². The summed E-state index contributed by atoms with van der Waals surface area (Å²) in [4.78, 5) is 3.26. The van der Waals surface area contributed by atoms with E-state index in [1.165, 1.54) is 0 Å². The fourth-order valence-electron chi connectivity index (χ4n) is 1.01. The molecule has 0 saturated heterocycles. The molecule has 0 fully saturated rings. The highest BCUT2D eigenvalue weighted by molar-refractivity contribution is 7.87. The van der Waals surface area contributed by atoms with Gasteiger partial charge in [0.15, 0.2) is 6.10 Å². The summed E-state index contributed by atoms with van der Waals surface area (Å²) in [7, 11) is -6.38. The molecule has 1 unspecified atom stereocenters. The lowest BCUT2D eigenvalue weighted by atomic mass is 10.1. The van der Waals surface area contributed by atoms with Crippen LogP contribution in [0.3, 0.4) is 0 Å². The van der Waals surface area contributed by atoms with E-state index in [9.17, 15) is 34.8 Å². The average Bonchev–Trinajstić information content (AvgIpc) is 2.24. The number of hydrogen-bond acceptors (Lipinski definition) is 4. The molecule has 0 spiro atoms. The van der Waals surface area contributed by atoms with Crippen LogP contribution in [0, 0.1) is 0 Å². The Morgan fingerprint density at radius 1 is 1.16 bits per heavy atom. The third kappa shape index (κ3) is 3.80. The molecule has 0 radical (unpaired) electrons. The Kier molecular flexibility index (Phi) is 4.10. The zero-order valence-electron chi connectivity index (χ0n) is 8.73. The minimum atomic E-state index is -6.38. The monoisotopic (exact) mass is 309 g/mol. The normalized spacial score (nSPS) is 15.3. The van der Waals surface area contributed by atoms with E-state index in [0.717, 1.165) is 18.3 Å². The molecule has 0 bridgehead atoms. The summed E-state index contributed by atoms with van der Waals surface area (Å²) in [6, 6.07) is 1.74. The van der Waals surface area contributed by atoms with Crippen molar-refractivity contribution in [2.24, 2.45) is 0 Å². The van der Waals surface area contributed by atoms with Crippen LogP contribution in [-0.2, 0) is 14.3 Å². The van der Waals surface area contributed by atoms with E-state index in [0.29, 0.717) is 6.20 Å². The molecule has 0 aliphatic heterocycles. The van der Waals surface area contributed by atoms with Gasteiger partial charge >= 0.3 is 21.8 Å². The van der Waals surface area contributed by atoms with Crippen molar-refractivity contribution in [3.63, 3.8) is 0 Å². The van der Waals surface area contributed by atoms with Crippen LogP contribution >= 0.6 is 0 Å². The number of hydrogen-bond donors (Lipinski definition) is 0. The molecule has 1 aromatic heterocycles. The van der Waals surface area contributed by atoms with Gasteiger partial charge in [-0.25, -0.2) is 4.18 Å². The van der Waals surface area contributed by atoms with Crippen LogP contribution in [0.5, 0.6) is 0 Å². The molecule has 1 rings (SSSR count). The number of aromatic nitrogens is 1. The van der Waals surface area contributed by atoms with Gasteiger partial charge in [0.25, 0.3) is 0 Å². The Morgan fingerprint density at radius 2 is 1.74 bits per heavy atom. The van der Waals surface area contributed by atoms with Crippen molar-refractivity contribution in [3.8, 4) is 0 Å². The van der Waals surface area contributed by atoms with Gasteiger partial charge in [-0.3, -0.25) is 4.98 Å². The fraction of sp³-hybridized carbons (Fsp3) is 0.375. The van der Waals surface area contributed by atoms with Gasteiger partial charge in [0.2, 0.25) is 0 Å². The Hall–Kier alpha value is -1.36. The van der Waals surface area contributed by atoms with Gasteiger partial charge in [-0.05, 0) is 6.07 Å². The minimum Gasteiger partial charge on any atom is -0.264 e. The zero-order valence-corrected chi connectivity index (χ0v) is 9.55. The zero-order chi connectivity index (χ0) is 14.9. The Bertz CT molecular complexity index is 524. The lowest BCUT2D eigenvalue weighted by molar-refractivity contribution is -0.200. The van der Waals surface area contributed by atoms with Crippen LogP contribution in [-0.4, -0.2) is 25.1 Å². The van der Waals surface area contributed by atoms with Crippen LogP contribution in [0.4, 0.5) is 26.3 Å². The molecule has 0 amide bonds. The first-order valence-corrected chi connectivity index (χ1v) is 5.82. The first-order valence-electron chi connectivity index (χ1n) is 4.41. The molecule has 0 N–H and O–H groups in total. The second-order valence-corrected chi connectivity index (χ2v) is 4.77. The quantitative estimate of drug-likeness (QED) is 0.489. The molecule has 0 aromatic carbocycles. The molecule has 4 nitrogen and oxygen atoms in total. The molecular formula is C8H5F6NO3S. The molecule has 0 saturated carbocycles. The van der Waals surface area contributed by atoms with Gasteiger partial charge in [-0.1, -0.05) is 6.07 Å². The average molecular weight is 309 g/mol. The summed E-state index contributed by atoms with van der Waals surface area (Å²) in [6.45, 7) is 0. The van der Waals surface area contributed by atoms with E-state index in [-0.39, 0.29) is 0 Å². The minimum absolute atomic E-state index is 0.560. The SMILES string of the molecule is O=S(=O)(OC(c1cccnc1)C(F)(F)F)C(F)(F)F. The Balaban J connectivity index is 3.17. The molecule has 108 valence electrons. The van der Waals surface area contributed by atoms with Crippen molar-refractivity contribution in [3.05, 3.63) is 30.1 Å². The number of alkyl halides is 6. The number of halogens is 6. The van der Waals surface area contributed by atoms with Gasteiger partial charge < -0.3 is 0 Å². The molecule has 0 aliphatic carbocycles. The van der Waals surface area contributed by atoms with Crippen molar-refractivity contribution < 1.29 is 38.9 Å². The molecule has 11 heteroatoms. The maximum atomic E-state index is 12.5. The highest BCUT2D eigenvalue weighted by atomic mass is 32.2. The first-order chi connectivity index (χ1) is 8.45. The predicted octanol–water partition coefficient (Wildman–Crippen LogP) is 2.55. The second kappa shape index (κ2) is 4.96. The van der Waals surface area contributed by atoms with E-state index in [2.05, 4.69) is 9.17 Å². The third-order valence-corrected chi connectivity index (χ3v) is 2.80. The van der Waals surface area contributed by atoms with Crippen molar-refractivity contribution in [2.45, 2.75) is 17.8 Å². The Morgan fingerprint density at radius 3 is 2.11 bits per heavy atom. The summed E-state index contributed by atoms with van der Waals surface area (Å²) in [6.07, 6.45) is -6.99. The van der Waals surface area contributed by atoms with E-state index >= 15 is 0 Å². The van der Waals surface area contributed by atoms with Crippen LogP contribution < -0.4 is 0 Å². The standard InChI is InChI=1S/C8H5F6NO3S/c9-7(10,11)6(5-2-1-3-15-4-5)18-19(16,17)8(12,13)14/h1-4,6H. The van der Waals surface area contributed by atoms with Crippen LogP contribution in [0.15, 0.2) is 24.5 Å². The van der Waals surface area contributed by atoms with Gasteiger partial charge in [-0.15, -0.1) is 0 Å². The van der Waals surface area contributed by atoms with E-state index in [1.807, 2.05) is 0 Å². The predicted molar refractivity (Wildman–Crippen MR) is 49.1 cm³/mol. The molecular weight excluding hydrogens is 304 g/mol. The van der Waals surface area contributed by atoms with Crippen molar-refractivity contribution >= 4 is 10.1 Å². The fourth-order valence-corrected chi connectivity index (χ4v) is 1.59. The van der Waals surface area contributed by atoms with Crippen molar-refractivity contribution in [1.29, 1.82) is 0 Å². The van der Waals surface area contributed by atoms with Crippen LogP contribution in [0.1, 0.15) is 11.7 Å². The molecule has 1 aromatic rings. The maximum absolute atomic E-state index is 12.5. The topological polar surface area (TPSA) is 56.3 Å². The van der Waals surface area contributed by atoms with Crippen LogP contribution in [0.2, 0.25) is 0 Å². The molecule has 19 heavy (non-hydrogen) atoms. The summed E-state index contributed by atoms with van der Waals surface area (Å²) in [5, 5.41) is 0. The summed E-state index contributed by atoms with van der Waals surface area (Å²) in [5.41, 5.74) is -6.80. The van der Waals surface area contributed by atoms with E-state index < -0.39 is 33.5 Å². The highest BCUT2D eigenvalue weighted by Crippen LogP contribution is 2.39. The van der Waals surface area contributed by atoms with Gasteiger partial charge in [0.1, 0.15) is 0 Å². The van der Waals surface area contributed by atoms with E-state index in [1.54, 1.807) is 0 Å². The smallest absolute Gasteiger partial charge is 0.264 e. The Labute approximate surface area is 103 Å². The van der Waals surface area contributed by atoms with Crippen molar-refractivity contribution in [2.75, 3.05) is 0 Å². The summed E-state index contributed by atoms with van der Waals surface area (Å²) in [5.74, 6) is 0. The third-order valence-electron chi connectivity index (χ3n) is 1.79. The number of nitrogens with zero attached hydrogens (tertiary/aromatic N) is 1. The lowest BCUT2D eigenvalue weighted by Crippen LogP contribution is -2.32. The lowest BCUT2D eigenvalue weighted by Gasteiger charge is -2.20. The first kappa shape index (κ1) is 15.7. The summed E-state index contributed by atoms with van der Waals surface area (Å²) < 4.78 is 98.1. The molecule has 1 atom stereocenters. The van der Waals surface area contributed by atoms with Gasteiger partial charge in [-0.2, -0.15) is 34.8 Å². The second-order valence-electron chi connectivity index (χ2n) is 3.20. The number of pyridine rings is 1. The van der Waals surface area contributed by atoms with Gasteiger partial charge in [0, 0.05) is 18.0 Å². The van der Waals surface area contributed by atoms with E-state index in [4.69, 9.17) is 0 Å². The summed E-state index contributed by atoms with van der Waals surface area (Å²) >= 11 is 0. The largest absolute Gasteiger partial charge is 0.523 e. The molecule has 1 heterocycles. The highest BCUT2D eigenvalue weighted by Gasteiger charge is 2.54. The number of rotatable bonds is 3. The maximum Gasteiger partial charge on any atom is 0.523 e. The van der Waals surface area contributed by atoms with Gasteiger partial charge in [0.05, 0.1) is 0 Å². The van der Waals surface area contributed by atoms with Crippen molar-refractivity contribution in [1.82, 2.24) is 4.98 Å². The molecule has 0 aliphatic rings.